The van der Waals surface area contributed by atoms with Crippen LogP contribution in [0, 0.1) is 0 Å². The fraction of sp³-hybridized carbons (Fsp3) is 0.600. The Hall–Kier alpha value is -1.32. The molecule has 0 saturated carbocycles. The van der Waals surface area contributed by atoms with Gasteiger partial charge in [0.2, 0.25) is 0 Å². The predicted octanol–water partition coefficient (Wildman–Crippen LogP) is 1.88. The van der Waals surface area contributed by atoms with Gasteiger partial charge in [-0.25, -0.2) is 0 Å². The van der Waals surface area contributed by atoms with Gasteiger partial charge in [0.1, 0.15) is 0 Å². The number of H-pyrrole nitrogens is 1. The first kappa shape index (κ1) is 9.24. The third-order valence-electron chi connectivity index (χ3n) is 2.65. The molecule has 2 N–H and O–H groups in total. The molecule has 1 aromatic rings. The number of aromatic amines is 1. The van der Waals surface area contributed by atoms with Gasteiger partial charge in [-0.15, -0.1) is 0 Å². The van der Waals surface area contributed by atoms with Crippen molar-refractivity contribution < 1.29 is 5.21 Å². The maximum Gasteiger partial charge on any atom is 0.0905 e. The van der Waals surface area contributed by atoms with Gasteiger partial charge < -0.3 is 5.21 Å². The lowest BCUT2D eigenvalue weighted by molar-refractivity contribution is 0.317. The fourth-order valence-corrected chi connectivity index (χ4v) is 2.02. The van der Waals surface area contributed by atoms with Gasteiger partial charge in [0.05, 0.1) is 11.4 Å². The number of aryl methyl sites for hydroxylation is 2. The fourth-order valence-electron chi connectivity index (χ4n) is 2.02. The van der Waals surface area contributed by atoms with Gasteiger partial charge in [0.25, 0.3) is 0 Å². The second kappa shape index (κ2) is 3.82. The van der Waals surface area contributed by atoms with E-state index in [1.807, 2.05) is 0 Å². The van der Waals surface area contributed by atoms with Crippen LogP contribution in [0.5, 0.6) is 0 Å². The summed E-state index contributed by atoms with van der Waals surface area (Å²) in [6.07, 6.45) is 4.94. The van der Waals surface area contributed by atoms with Crippen LogP contribution < -0.4 is 0 Å². The molecule has 0 atom stereocenters. The third-order valence-corrected chi connectivity index (χ3v) is 2.65. The summed E-state index contributed by atoms with van der Waals surface area (Å²) in [7, 11) is 0. The monoisotopic (exact) mass is 193 g/mol. The van der Waals surface area contributed by atoms with Crippen molar-refractivity contribution in [3.05, 3.63) is 17.0 Å². The zero-order valence-corrected chi connectivity index (χ0v) is 8.38. The molecule has 1 aliphatic carbocycles. The van der Waals surface area contributed by atoms with Crippen LogP contribution in [0.3, 0.4) is 0 Å². The van der Waals surface area contributed by atoms with Gasteiger partial charge in [-0.2, -0.15) is 5.10 Å². The molecule has 0 bridgehead atoms. The topological polar surface area (TPSA) is 61.3 Å². The molecular formula is C10H15N3O. The normalized spacial score (nSPS) is 18.5. The first-order valence-electron chi connectivity index (χ1n) is 5.14. The highest BCUT2D eigenvalue weighted by atomic mass is 16.4. The van der Waals surface area contributed by atoms with Crippen molar-refractivity contribution in [2.24, 2.45) is 5.16 Å². The minimum atomic E-state index is 0.795. The minimum absolute atomic E-state index is 0.795. The molecule has 76 valence electrons. The zero-order valence-electron chi connectivity index (χ0n) is 8.38. The summed E-state index contributed by atoms with van der Waals surface area (Å²) in [5, 5.41) is 19.6. The molecule has 1 aliphatic rings. The van der Waals surface area contributed by atoms with Crippen LogP contribution in [0.4, 0.5) is 0 Å². The molecule has 2 rings (SSSR count). The largest absolute Gasteiger partial charge is 0.411 e. The van der Waals surface area contributed by atoms with Gasteiger partial charge in [-0.3, -0.25) is 5.10 Å². The van der Waals surface area contributed by atoms with Crippen molar-refractivity contribution in [1.82, 2.24) is 10.2 Å². The number of nitrogens with one attached hydrogen (secondary N) is 1. The molecular weight excluding hydrogens is 178 g/mol. The Morgan fingerprint density at radius 2 is 2.36 bits per heavy atom. The van der Waals surface area contributed by atoms with Crippen LogP contribution in [0.2, 0.25) is 0 Å². The van der Waals surface area contributed by atoms with E-state index in [0.717, 1.165) is 54.8 Å². The van der Waals surface area contributed by atoms with E-state index in [1.54, 1.807) is 0 Å². The molecule has 0 aromatic carbocycles. The molecule has 14 heavy (non-hydrogen) atoms. The summed E-state index contributed by atoms with van der Waals surface area (Å²) in [6.45, 7) is 2.12. The van der Waals surface area contributed by atoms with E-state index < -0.39 is 0 Å². The Morgan fingerprint density at radius 1 is 1.50 bits per heavy atom. The highest BCUT2D eigenvalue weighted by Crippen LogP contribution is 2.23. The third kappa shape index (κ3) is 1.41. The summed E-state index contributed by atoms with van der Waals surface area (Å²) >= 11 is 0. The Morgan fingerprint density at radius 3 is 3.07 bits per heavy atom. The van der Waals surface area contributed by atoms with E-state index in [4.69, 9.17) is 5.21 Å². The van der Waals surface area contributed by atoms with E-state index in [-0.39, 0.29) is 0 Å². The molecule has 0 amide bonds. The second-order valence-electron chi connectivity index (χ2n) is 3.67. The van der Waals surface area contributed by atoms with Crippen LogP contribution in [-0.4, -0.2) is 21.1 Å². The Labute approximate surface area is 83.0 Å². The van der Waals surface area contributed by atoms with Crippen molar-refractivity contribution in [1.29, 1.82) is 0 Å². The SMILES string of the molecule is CCCc1n[nH]c2c1C(=NO)CCC2. The number of rotatable bonds is 2. The molecule has 0 saturated heterocycles. The molecule has 0 unspecified atom stereocenters. The van der Waals surface area contributed by atoms with E-state index >= 15 is 0 Å². The molecule has 0 spiro atoms. The summed E-state index contributed by atoms with van der Waals surface area (Å²) in [5.74, 6) is 0. The lowest BCUT2D eigenvalue weighted by Crippen LogP contribution is -2.12. The van der Waals surface area contributed by atoms with Crippen molar-refractivity contribution in [2.75, 3.05) is 0 Å². The van der Waals surface area contributed by atoms with E-state index in [1.165, 1.54) is 0 Å². The maximum absolute atomic E-state index is 8.90. The molecule has 0 aliphatic heterocycles. The summed E-state index contributed by atoms with van der Waals surface area (Å²) in [6, 6.07) is 0. The maximum atomic E-state index is 8.90. The van der Waals surface area contributed by atoms with Gasteiger partial charge >= 0.3 is 0 Å². The molecule has 4 nitrogen and oxygen atoms in total. The first-order chi connectivity index (χ1) is 6.86. The molecule has 4 heteroatoms. The smallest absolute Gasteiger partial charge is 0.0905 e. The predicted molar refractivity (Wildman–Crippen MR) is 53.8 cm³/mol. The lowest BCUT2D eigenvalue weighted by Gasteiger charge is -2.12. The van der Waals surface area contributed by atoms with Crippen molar-refractivity contribution >= 4 is 5.71 Å². The van der Waals surface area contributed by atoms with Crippen LogP contribution in [0.25, 0.3) is 0 Å². The van der Waals surface area contributed by atoms with Crippen LogP contribution in [-0.2, 0) is 12.8 Å². The van der Waals surface area contributed by atoms with Crippen molar-refractivity contribution in [2.45, 2.75) is 39.0 Å². The van der Waals surface area contributed by atoms with Gasteiger partial charge in [-0.05, 0) is 25.7 Å². The number of hydrogen-bond acceptors (Lipinski definition) is 3. The number of aromatic nitrogens is 2. The Balaban J connectivity index is 2.41. The standard InChI is InChI=1S/C10H15N3O/c1-2-4-7-10-8(12-11-7)5-3-6-9(10)13-14/h14H,2-6H2,1H3,(H,11,12). The Kier molecular flexibility index (Phi) is 2.52. The Bertz CT molecular complexity index is 354. The summed E-state index contributed by atoms with van der Waals surface area (Å²) < 4.78 is 0. The van der Waals surface area contributed by atoms with Crippen LogP contribution >= 0.6 is 0 Å². The molecule has 1 aromatic heterocycles. The van der Waals surface area contributed by atoms with E-state index in [9.17, 15) is 0 Å². The highest BCUT2D eigenvalue weighted by molar-refractivity contribution is 6.02. The molecule has 1 heterocycles. The van der Waals surface area contributed by atoms with Crippen LogP contribution in [0.15, 0.2) is 5.16 Å². The summed E-state index contributed by atoms with van der Waals surface area (Å²) in [4.78, 5) is 0. The average Bonchev–Trinajstić information content (AvgIpc) is 2.62. The van der Waals surface area contributed by atoms with Crippen LogP contribution in [0.1, 0.15) is 43.1 Å². The van der Waals surface area contributed by atoms with E-state index in [0.29, 0.717) is 0 Å². The van der Waals surface area contributed by atoms with Gasteiger partial charge in [-0.1, -0.05) is 18.5 Å². The number of hydrogen-bond donors (Lipinski definition) is 2. The van der Waals surface area contributed by atoms with Crippen molar-refractivity contribution in [3.8, 4) is 0 Å². The lowest BCUT2D eigenvalue weighted by atomic mass is 9.93. The minimum Gasteiger partial charge on any atom is -0.411 e. The zero-order chi connectivity index (χ0) is 9.97. The number of nitrogens with zero attached hydrogens (tertiary/aromatic N) is 2. The van der Waals surface area contributed by atoms with Gasteiger partial charge in [0.15, 0.2) is 0 Å². The summed E-state index contributed by atoms with van der Waals surface area (Å²) in [5.41, 5.74) is 4.05. The molecule has 0 radical (unpaired) electrons. The van der Waals surface area contributed by atoms with Crippen molar-refractivity contribution in [3.63, 3.8) is 0 Å². The van der Waals surface area contributed by atoms with Gasteiger partial charge in [0, 0.05) is 11.3 Å². The highest BCUT2D eigenvalue weighted by Gasteiger charge is 2.22. The second-order valence-corrected chi connectivity index (χ2v) is 3.67. The quantitative estimate of drug-likeness (QED) is 0.556. The number of fused-ring (bicyclic) bond motifs is 1. The van der Waals surface area contributed by atoms with E-state index in [2.05, 4.69) is 22.3 Å². The molecule has 0 fully saturated rings. The number of oxime groups is 1. The first-order valence-corrected chi connectivity index (χ1v) is 5.14. The average molecular weight is 193 g/mol.